The van der Waals surface area contributed by atoms with Crippen LogP contribution in [0.3, 0.4) is 0 Å². The van der Waals surface area contributed by atoms with E-state index in [0.29, 0.717) is 23.6 Å². The van der Waals surface area contributed by atoms with Crippen molar-refractivity contribution in [2.45, 2.75) is 6.54 Å². The molecule has 0 unspecified atom stereocenters. The number of nitrogen functional groups attached to an aromatic ring is 1. The Bertz CT molecular complexity index is 840. The second kappa shape index (κ2) is 5.45. The number of aliphatic hydroxyl groups is 1. The largest absolute Gasteiger partial charge is 0.399 e. The van der Waals surface area contributed by atoms with Gasteiger partial charge in [0.2, 0.25) is 0 Å². The van der Waals surface area contributed by atoms with Gasteiger partial charge in [0, 0.05) is 29.9 Å². The van der Waals surface area contributed by atoms with Crippen molar-refractivity contribution in [2.24, 2.45) is 0 Å². The van der Waals surface area contributed by atoms with Gasteiger partial charge in [0.15, 0.2) is 0 Å². The molecule has 0 bridgehead atoms. The molecule has 0 amide bonds. The molecule has 7 heteroatoms. The lowest BCUT2D eigenvalue weighted by molar-refractivity contribution is -0.384. The van der Waals surface area contributed by atoms with Crippen LogP contribution < -0.4 is 5.73 Å². The molecule has 1 aromatic heterocycles. The lowest BCUT2D eigenvalue weighted by Crippen LogP contribution is -2.04. The topological polar surface area (TPSA) is 107 Å². The standard InChI is InChI=1S/C15H14N4O3/c16-11-3-1-10(2-4-11)15-17-13-9-12(19(21)22)5-6-14(13)18(15)7-8-20/h1-6,9,20H,7-8,16H2. The lowest BCUT2D eigenvalue weighted by Gasteiger charge is -2.07. The summed E-state index contributed by atoms with van der Waals surface area (Å²) in [6.07, 6.45) is 0. The summed E-state index contributed by atoms with van der Waals surface area (Å²) < 4.78 is 1.84. The smallest absolute Gasteiger partial charge is 0.271 e. The van der Waals surface area contributed by atoms with Crippen LogP contribution >= 0.6 is 0 Å². The molecular formula is C15H14N4O3. The molecule has 0 saturated carbocycles. The van der Waals surface area contributed by atoms with Gasteiger partial charge in [-0.05, 0) is 30.3 Å². The highest BCUT2D eigenvalue weighted by atomic mass is 16.6. The maximum atomic E-state index is 10.9. The zero-order valence-corrected chi connectivity index (χ0v) is 11.6. The molecule has 7 nitrogen and oxygen atoms in total. The van der Waals surface area contributed by atoms with Crippen molar-refractivity contribution in [3.8, 4) is 11.4 Å². The van der Waals surface area contributed by atoms with Gasteiger partial charge in [-0.25, -0.2) is 4.98 Å². The fourth-order valence-corrected chi connectivity index (χ4v) is 2.41. The van der Waals surface area contributed by atoms with E-state index < -0.39 is 4.92 Å². The van der Waals surface area contributed by atoms with E-state index in [2.05, 4.69) is 4.98 Å². The third-order valence-corrected chi connectivity index (χ3v) is 3.44. The van der Waals surface area contributed by atoms with Gasteiger partial charge in [0.1, 0.15) is 5.82 Å². The van der Waals surface area contributed by atoms with Crippen molar-refractivity contribution in [3.63, 3.8) is 0 Å². The zero-order chi connectivity index (χ0) is 15.7. The van der Waals surface area contributed by atoms with E-state index in [-0.39, 0.29) is 12.3 Å². The fraction of sp³-hybridized carbons (Fsp3) is 0.133. The summed E-state index contributed by atoms with van der Waals surface area (Å²) >= 11 is 0. The first kappa shape index (κ1) is 14.0. The number of aliphatic hydroxyl groups excluding tert-OH is 1. The van der Waals surface area contributed by atoms with E-state index in [1.165, 1.54) is 12.1 Å². The summed E-state index contributed by atoms with van der Waals surface area (Å²) in [6.45, 7) is 0.304. The van der Waals surface area contributed by atoms with Crippen LogP contribution in [0.25, 0.3) is 22.4 Å². The Morgan fingerprint density at radius 2 is 1.95 bits per heavy atom. The van der Waals surface area contributed by atoms with Crippen LogP contribution in [0.15, 0.2) is 42.5 Å². The van der Waals surface area contributed by atoms with Gasteiger partial charge in [0.25, 0.3) is 5.69 Å². The lowest BCUT2D eigenvalue weighted by atomic mass is 10.2. The van der Waals surface area contributed by atoms with Crippen molar-refractivity contribution in [1.29, 1.82) is 0 Å². The van der Waals surface area contributed by atoms with Gasteiger partial charge in [-0.15, -0.1) is 0 Å². The number of nitro groups is 1. The van der Waals surface area contributed by atoms with Crippen LogP contribution in [0, 0.1) is 10.1 Å². The Balaban J connectivity index is 2.21. The summed E-state index contributed by atoms with van der Waals surface area (Å²) in [5.41, 5.74) is 8.42. The molecule has 0 radical (unpaired) electrons. The molecule has 1 heterocycles. The molecule has 0 aliphatic carbocycles. The minimum Gasteiger partial charge on any atom is -0.399 e. The molecule has 3 aromatic rings. The van der Waals surface area contributed by atoms with Gasteiger partial charge in [0.05, 0.1) is 22.6 Å². The maximum Gasteiger partial charge on any atom is 0.271 e. The third kappa shape index (κ3) is 2.38. The first-order chi connectivity index (χ1) is 10.6. The summed E-state index contributed by atoms with van der Waals surface area (Å²) in [6, 6.07) is 11.7. The second-order valence-corrected chi connectivity index (χ2v) is 4.86. The fourth-order valence-electron chi connectivity index (χ4n) is 2.41. The zero-order valence-electron chi connectivity index (χ0n) is 11.6. The number of nitro benzene ring substituents is 1. The molecule has 0 aliphatic heterocycles. The van der Waals surface area contributed by atoms with Crippen LogP contribution in [-0.2, 0) is 6.54 Å². The molecule has 3 rings (SSSR count). The predicted molar refractivity (Wildman–Crippen MR) is 83.3 cm³/mol. The number of nitrogens with zero attached hydrogens (tertiary/aromatic N) is 3. The summed E-state index contributed by atoms with van der Waals surface area (Å²) in [5.74, 6) is 0.643. The van der Waals surface area contributed by atoms with E-state index in [1.807, 2.05) is 16.7 Å². The van der Waals surface area contributed by atoms with Crippen LogP contribution in [0.5, 0.6) is 0 Å². The first-order valence-electron chi connectivity index (χ1n) is 6.71. The van der Waals surface area contributed by atoms with Gasteiger partial charge < -0.3 is 15.4 Å². The predicted octanol–water partition coefficient (Wildman–Crippen LogP) is 2.19. The SMILES string of the molecule is Nc1ccc(-c2nc3cc([N+](=O)[O-])ccc3n2CCO)cc1. The van der Waals surface area contributed by atoms with E-state index in [1.54, 1.807) is 18.2 Å². The molecular weight excluding hydrogens is 284 g/mol. The van der Waals surface area contributed by atoms with Crippen molar-refractivity contribution in [1.82, 2.24) is 9.55 Å². The number of rotatable bonds is 4. The quantitative estimate of drug-likeness (QED) is 0.436. The van der Waals surface area contributed by atoms with E-state index in [4.69, 9.17) is 5.73 Å². The number of hydrogen-bond donors (Lipinski definition) is 2. The summed E-state index contributed by atoms with van der Waals surface area (Å²) in [4.78, 5) is 14.9. The van der Waals surface area contributed by atoms with Crippen molar-refractivity contribution in [3.05, 3.63) is 52.6 Å². The average molecular weight is 298 g/mol. The minimum absolute atomic E-state index is 0.00926. The van der Waals surface area contributed by atoms with Crippen molar-refractivity contribution in [2.75, 3.05) is 12.3 Å². The molecule has 0 aliphatic rings. The second-order valence-electron chi connectivity index (χ2n) is 4.86. The van der Waals surface area contributed by atoms with Crippen molar-refractivity contribution < 1.29 is 10.0 Å². The molecule has 0 saturated heterocycles. The molecule has 2 aromatic carbocycles. The van der Waals surface area contributed by atoms with Crippen LogP contribution in [0.4, 0.5) is 11.4 Å². The monoisotopic (exact) mass is 298 g/mol. The number of imidazole rings is 1. The van der Waals surface area contributed by atoms with Gasteiger partial charge >= 0.3 is 0 Å². The molecule has 3 N–H and O–H groups in total. The molecule has 0 fully saturated rings. The van der Waals surface area contributed by atoms with Crippen molar-refractivity contribution >= 4 is 22.4 Å². The van der Waals surface area contributed by atoms with E-state index >= 15 is 0 Å². The minimum atomic E-state index is -0.451. The molecule has 0 spiro atoms. The van der Waals surface area contributed by atoms with Crippen LogP contribution in [-0.4, -0.2) is 26.2 Å². The Labute approximate surface area is 125 Å². The Hall–Kier alpha value is -2.93. The number of fused-ring (bicyclic) bond motifs is 1. The average Bonchev–Trinajstić information content (AvgIpc) is 2.86. The number of aromatic nitrogens is 2. The van der Waals surface area contributed by atoms with Gasteiger partial charge in [-0.3, -0.25) is 10.1 Å². The molecule has 22 heavy (non-hydrogen) atoms. The number of anilines is 1. The van der Waals surface area contributed by atoms with Crippen LogP contribution in [0.2, 0.25) is 0 Å². The van der Waals surface area contributed by atoms with Crippen LogP contribution in [0.1, 0.15) is 0 Å². The van der Waals surface area contributed by atoms with Gasteiger partial charge in [-0.2, -0.15) is 0 Å². The number of nitrogens with two attached hydrogens (primary N) is 1. The highest BCUT2D eigenvalue weighted by Gasteiger charge is 2.15. The Morgan fingerprint density at radius 1 is 1.23 bits per heavy atom. The third-order valence-electron chi connectivity index (χ3n) is 3.44. The molecule has 0 atom stereocenters. The normalized spacial score (nSPS) is 11.0. The first-order valence-corrected chi connectivity index (χ1v) is 6.71. The van der Waals surface area contributed by atoms with Gasteiger partial charge in [-0.1, -0.05) is 0 Å². The summed E-state index contributed by atoms with van der Waals surface area (Å²) in [5, 5.41) is 20.2. The Morgan fingerprint density at radius 3 is 2.59 bits per heavy atom. The number of hydrogen-bond acceptors (Lipinski definition) is 5. The highest BCUT2D eigenvalue weighted by molar-refractivity contribution is 5.82. The Kier molecular flexibility index (Phi) is 3.48. The summed E-state index contributed by atoms with van der Waals surface area (Å²) in [7, 11) is 0. The maximum absolute atomic E-state index is 10.9. The number of benzene rings is 2. The highest BCUT2D eigenvalue weighted by Crippen LogP contribution is 2.27. The number of non-ortho nitro benzene ring substituents is 1. The van der Waals surface area contributed by atoms with E-state index in [9.17, 15) is 15.2 Å². The van der Waals surface area contributed by atoms with E-state index in [0.717, 1.165) is 11.1 Å². The molecule has 112 valence electrons.